The van der Waals surface area contributed by atoms with Crippen molar-refractivity contribution in [3.63, 3.8) is 0 Å². The molecular formula is C29H37NO2. The van der Waals surface area contributed by atoms with Crippen LogP contribution >= 0.6 is 0 Å². The summed E-state index contributed by atoms with van der Waals surface area (Å²) in [5.41, 5.74) is 2.92. The minimum absolute atomic E-state index is 0.0397. The smallest absolute Gasteiger partial charge is 0.314 e. The van der Waals surface area contributed by atoms with Crippen LogP contribution in [0, 0.1) is 23.2 Å². The fourth-order valence-electron chi connectivity index (χ4n) is 4.75. The molecule has 0 heterocycles. The highest BCUT2D eigenvalue weighted by molar-refractivity contribution is 5.75. The summed E-state index contributed by atoms with van der Waals surface area (Å²) in [6, 6.07) is 17.7. The molecule has 3 nitrogen and oxygen atoms in total. The van der Waals surface area contributed by atoms with Gasteiger partial charge >= 0.3 is 5.97 Å². The zero-order valence-electron chi connectivity index (χ0n) is 19.5. The fraction of sp³-hybridized carbons (Fsp3) is 0.517. The van der Waals surface area contributed by atoms with E-state index in [0.29, 0.717) is 11.3 Å². The maximum atomic E-state index is 12.9. The topological polar surface area (TPSA) is 50.1 Å². The lowest BCUT2D eigenvalue weighted by Crippen LogP contribution is -2.26. The molecule has 0 saturated heterocycles. The van der Waals surface area contributed by atoms with Gasteiger partial charge in [0.2, 0.25) is 0 Å². The van der Waals surface area contributed by atoms with Crippen LogP contribution in [0.2, 0.25) is 0 Å². The van der Waals surface area contributed by atoms with Gasteiger partial charge in [-0.15, -0.1) is 0 Å². The average molecular weight is 432 g/mol. The number of nitriles is 1. The Morgan fingerprint density at radius 2 is 1.66 bits per heavy atom. The number of benzene rings is 2. The fourth-order valence-corrected chi connectivity index (χ4v) is 4.75. The Morgan fingerprint density at radius 3 is 2.38 bits per heavy atom. The van der Waals surface area contributed by atoms with Gasteiger partial charge in [0.05, 0.1) is 17.6 Å². The first-order chi connectivity index (χ1) is 15.7. The van der Waals surface area contributed by atoms with Gasteiger partial charge in [0.15, 0.2) is 0 Å². The Hall–Kier alpha value is -2.60. The van der Waals surface area contributed by atoms with Crippen LogP contribution in [0.3, 0.4) is 0 Å². The second-order valence-electron chi connectivity index (χ2n) is 9.26. The Labute approximate surface area is 193 Å². The van der Waals surface area contributed by atoms with E-state index in [2.05, 4.69) is 13.0 Å². The molecule has 2 aromatic carbocycles. The first kappa shape index (κ1) is 24.1. The molecule has 1 saturated carbocycles. The second kappa shape index (κ2) is 13.1. The number of carbonyl (C=O) groups is 1. The third-order valence-corrected chi connectivity index (χ3v) is 6.85. The number of unbranched alkanes of at least 4 members (excludes halogenated alkanes) is 4. The van der Waals surface area contributed by atoms with E-state index >= 15 is 0 Å². The van der Waals surface area contributed by atoms with Crippen LogP contribution in [0.4, 0.5) is 0 Å². The molecular weight excluding hydrogens is 394 g/mol. The van der Waals surface area contributed by atoms with E-state index in [9.17, 15) is 4.79 Å². The Morgan fingerprint density at radius 1 is 0.938 bits per heavy atom. The van der Waals surface area contributed by atoms with Crippen LogP contribution in [-0.2, 0) is 17.6 Å². The molecule has 32 heavy (non-hydrogen) atoms. The summed E-state index contributed by atoms with van der Waals surface area (Å²) in [5, 5.41) is 8.95. The van der Waals surface area contributed by atoms with Crippen LogP contribution in [0.25, 0.3) is 0 Å². The molecule has 1 aliphatic rings. The van der Waals surface area contributed by atoms with Crippen LogP contribution in [-0.4, -0.2) is 5.97 Å². The minimum atomic E-state index is -0.0581. The number of rotatable bonds is 11. The van der Waals surface area contributed by atoms with Crippen LogP contribution in [0.15, 0.2) is 48.5 Å². The molecule has 2 aromatic rings. The van der Waals surface area contributed by atoms with Gasteiger partial charge in [-0.25, -0.2) is 0 Å². The Kier molecular flexibility index (Phi) is 9.82. The number of esters is 1. The van der Waals surface area contributed by atoms with Gasteiger partial charge in [0.25, 0.3) is 0 Å². The van der Waals surface area contributed by atoms with Gasteiger partial charge in [0, 0.05) is 0 Å². The third-order valence-electron chi connectivity index (χ3n) is 6.85. The summed E-state index contributed by atoms with van der Waals surface area (Å²) in [4.78, 5) is 12.9. The lowest BCUT2D eigenvalue weighted by atomic mass is 9.79. The van der Waals surface area contributed by atoms with Crippen LogP contribution in [0.1, 0.15) is 87.8 Å². The molecule has 0 radical (unpaired) electrons. The van der Waals surface area contributed by atoms with Crippen molar-refractivity contribution in [3.8, 4) is 11.8 Å². The molecule has 0 unspecified atom stereocenters. The van der Waals surface area contributed by atoms with Gasteiger partial charge in [-0.1, -0.05) is 75.8 Å². The highest BCUT2D eigenvalue weighted by Gasteiger charge is 2.27. The number of carbonyl (C=O) groups excluding carboxylic acids is 1. The van der Waals surface area contributed by atoms with Gasteiger partial charge < -0.3 is 4.74 Å². The van der Waals surface area contributed by atoms with E-state index in [1.54, 1.807) is 0 Å². The normalized spacial score (nSPS) is 18.1. The van der Waals surface area contributed by atoms with Gasteiger partial charge in [0.1, 0.15) is 5.75 Å². The van der Waals surface area contributed by atoms with E-state index in [-0.39, 0.29) is 11.9 Å². The lowest BCUT2D eigenvalue weighted by molar-refractivity contribution is -0.140. The summed E-state index contributed by atoms with van der Waals surface area (Å²) in [7, 11) is 0. The maximum absolute atomic E-state index is 12.9. The molecule has 0 aliphatic heterocycles. The van der Waals surface area contributed by atoms with Crippen molar-refractivity contribution in [2.75, 3.05) is 0 Å². The van der Waals surface area contributed by atoms with Crippen molar-refractivity contribution >= 4 is 5.97 Å². The SMILES string of the molecule is CCCCCCCC1CCC(C(=O)Oc2ccccc2CCc2ccc(C#N)cc2)CC1. The van der Waals surface area contributed by atoms with Crippen molar-refractivity contribution < 1.29 is 9.53 Å². The van der Waals surface area contributed by atoms with Gasteiger partial charge in [-0.2, -0.15) is 5.26 Å². The minimum Gasteiger partial charge on any atom is -0.426 e. The number of ether oxygens (including phenoxy) is 1. The van der Waals surface area contributed by atoms with Crippen molar-refractivity contribution in [2.45, 2.75) is 84.0 Å². The lowest BCUT2D eigenvalue weighted by Gasteiger charge is -2.27. The standard InChI is InChI=1S/C29H37NO2/c1-2-3-4-5-6-9-23-17-20-27(21-18-23)29(31)32-28-11-8-7-10-26(28)19-16-24-12-14-25(22-30)15-13-24/h7-8,10-15,23,27H,2-6,9,16-21H2,1H3. The third kappa shape index (κ3) is 7.52. The monoisotopic (exact) mass is 431 g/mol. The first-order valence-corrected chi connectivity index (χ1v) is 12.5. The molecule has 0 N–H and O–H groups in total. The van der Waals surface area contributed by atoms with Crippen molar-refractivity contribution in [3.05, 3.63) is 65.2 Å². The molecule has 0 amide bonds. The predicted molar refractivity (Wildman–Crippen MR) is 129 cm³/mol. The van der Waals surface area contributed by atoms with Gasteiger partial charge in [-0.3, -0.25) is 4.79 Å². The maximum Gasteiger partial charge on any atom is 0.314 e. The Bertz CT molecular complexity index is 873. The highest BCUT2D eigenvalue weighted by Crippen LogP contribution is 2.33. The Balaban J connectivity index is 1.45. The summed E-state index contributed by atoms with van der Waals surface area (Å²) < 4.78 is 5.89. The number of aryl methyl sites for hydroxylation is 2. The van der Waals surface area contributed by atoms with Crippen molar-refractivity contribution in [2.24, 2.45) is 11.8 Å². The first-order valence-electron chi connectivity index (χ1n) is 12.5. The second-order valence-corrected chi connectivity index (χ2v) is 9.26. The molecule has 0 atom stereocenters. The van der Waals surface area contributed by atoms with Crippen molar-refractivity contribution in [1.82, 2.24) is 0 Å². The summed E-state index contributed by atoms with van der Waals surface area (Å²) in [5.74, 6) is 1.47. The molecule has 0 spiro atoms. The number of para-hydroxylation sites is 1. The largest absolute Gasteiger partial charge is 0.426 e. The number of hydrogen-bond donors (Lipinski definition) is 0. The summed E-state index contributed by atoms with van der Waals surface area (Å²) >= 11 is 0. The van der Waals surface area contributed by atoms with Crippen LogP contribution < -0.4 is 4.74 Å². The van der Waals surface area contributed by atoms with E-state index in [1.165, 1.54) is 44.1 Å². The molecule has 0 bridgehead atoms. The zero-order valence-corrected chi connectivity index (χ0v) is 19.5. The van der Waals surface area contributed by atoms with E-state index in [4.69, 9.17) is 10.00 Å². The van der Waals surface area contributed by atoms with Crippen LogP contribution in [0.5, 0.6) is 5.75 Å². The molecule has 3 rings (SSSR count). The molecule has 3 heteroatoms. The quantitative estimate of drug-likeness (QED) is 0.211. The van der Waals surface area contributed by atoms with E-state index in [1.807, 2.05) is 48.5 Å². The molecule has 1 aliphatic carbocycles. The summed E-state index contributed by atoms with van der Waals surface area (Å²) in [6.07, 6.45) is 13.9. The molecule has 170 valence electrons. The predicted octanol–water partition coefficient (Wildman–Crippen LogP) is 7.42. The zero-order chi connectivity index (χ0) is 22.6. The number of nitrogens with zero attached hydrogens (tertiary/aromatic N) is 1. The van der Waals surface area contributed by atoms with Gasteiger partial charge in [-0.05, 0) is 73.8 Å². The molecule has 0 aromatic heterocycles. The number of hydrogen-bond acceptors (Lipinski definition) is 3. The van der Waals surface area contributed by atoms with E-state index in [0.717, 1.165) is 50.0 Å². The highest BCUT2D eigenvalue weighted by atomic mass is 16.5. The van der Waals surface area contributed by atoms with Crippen molar-refractivity contribution in [1.29, 1.82) is 5.26 Å². The molecule has 1 fully saturated rings. The van der Waals surface area contributed by atoms with E-state index < -0.39 is 0 Å². The average Bonchev–Trinajstić information content (AvgIpc) is 2.84. The summed E-state index contributed by atoms with van der Waals surface area (Å²) in [6.45, 7) is 2.26.